The summed E-state index contributed by atoms with van der Waals surface area (Å²) in [6.07, 6.45) is 2.99. The van der Waals surface area contributed by atoms with Gasteiger partial charge in [0.2, 0.25) is 0 Å². The first-order valence-electron chi connectivity index (χ1n) is 10.4. The molecule has 3 aromatic rings. The molecule has 0 unspecified atom stereocenters. The first-order valence-corrected chi connectivity index (χ1v) is 10.4. The van der Waals surface area contributed by atoms with Crippen molar-refractivity contribution in [2.75, 3.05) is 20.3 Å². The Labute approximate surface area is 195 Å². The second kappa shape index (κ2) is 11.8. The van der Waals surface area contributed by atoms with E-state index in [-0.39, 0.29) is 35.8 Å². The molecule has 0 aliphatic rings. The molecule has 0 spiro atoms. The van der Waals surface area contributed by atoms with Gasteiger partial charge in [-0.25, -0.2) is 8.78 Å². The molecule has 2 atom stereocenters. The quantitative estimate of drug-likeness (QED) is 0.276. The Kier molecular flexibility index (Phi) is 8.60. The minimum absolute atomic E-state index is 0.0127. The fourth-order valence-electron chi connectivity index (χ4n) is 3.33. The lowest BCUT2D eigenvalue weighted by molar-refractivity contribution is 0.0377. The van der Waals surface area contributed by atoms with E-state index in [0.29, 0.717) is 11.3 Å². The highest BCUT2D eigenvalue weighted by atomic mass is 19.1. The number of H-pyrrole nitrogens is 1. The van der Waals surface area contributed by atoms with Crippen molar-refractivity contribution in [1.82, 2.24) is 20.8 Å². The van der Waals surface area contributed by atoms with Crippen LogP contribution in [0.15, 0.2) is 60.8 Å². The molecular formula is C24H25F2N5O3. The third-order valence-corrected chi connectivity index (χ3v) is 5.01. The summed E-state index contributed by atoms with van der Waals surface area (Å²) in [5.41, 5.74) is 1.39. The van der Waals surface area contributed by atoms with E-state index in [0.717, 1.165) is 6.21 Å². The number of hydrogen-bond donors (Lipinski definition) is 5. The number of nitrogens with zero attached hydrogens (tertiary/aromatic N) is 1. The van der Waals surface area contributed by atoms with Gasteiger partial charge in [0.25, 0.3) is 5.91 Å². The number of ether oxygens (including phenoxy) is 1. The zero-order valence-corrected chi connectivity index (χ0v) is 18.4. The zero-order valence-electron chi connectivity index (χ0n) is 18.4. The monoisotopic (exact) mass is 469 g/mol. The minimum Gasteiger partial charge on any atom is -0.389 e. The molecule has 0 aliphatic carbocycles. The number of methoxy groups -OCH3 is 1. The van der Waals surface area contributed by atoms with Crippen LogP contribution in [0, 0.1) is 17.0 Å². The van der Waals surface area contributed by atoms with E-state index in [9.17, 15) is 18.7 Å². The fraction of sp³-hybridized carbons (Fsp3) is 0.208. The molecule has 8 nitrogen and oxygen atoms in total. The Hall–Kier alpha value is -3.89. The number of amides is 1. The number of carbonyl (C=O) groups excluding carboxylic acids is 1. The van der Waals surface area contributed by atoms with E-state index in [1.165, 1.54) is 49.7 Å². The summed E-state index contributed by atoms with van der Waals surface area (Å²) in [5.74, 6) is -1.64. The van der Waals surface area contributed by atoms with Crippen molar-refractivity contribution in [2.45, 2.75) is 12.1 Å². The third kappa shape index (κ3) is 6.12. The Bertz CT molecular complexity index is 1150. The van der Waals surface area contributed by atoms with Gasteiger partial charge in [-0.05, 0) is 60.3 Å². The van der Waals surface area contributed by atoms with Crippen molar-refractivity contribution in [1.29, 1.82) is 5.41 Å². The van der Waals surface area contributed by atoms with Crippen LogP contribution in [0.4, 0.5) is 8.78 Å². The lowest BCUT2D eigenvalue weighted by atomic mass is 10.0. The molecule has 0 bridgehead atoms. The summed E-state index contributed by atoms with van der Waals surface area (Å²) >= 11 is 0. The van der Waals surface area contributed by atoms with Crippen LogP contribution in [0.2, 0.25) is 0 Å². The maximum absolute atomic E-state index is 14.9. The molecule has 0 fully saturated rings. The number of aliphatic hydroxyl groups excluding tert-OH is 1. The number of aromatic amines is 1. The zero-order chi connectivity index (χ0) is 24.5. The van der Waals surface area contributed by atoms with Gasteiger partial charge in [0, 0.05) is 19.9 Å². The molecule has 2 aromatic carbocycles. The van der Waals surface area contributed by atoms with Crippen molar-refractivity contribution in [3.8, 4) is 22.5 Å². The maximum Gasteiger partial charge on any atom is 0.252 e. The van der Waals surface area contributed by atoms with Crippen molar-refractivity contribution in [3.63, 3.8) is 0 Å². The van der Waals surface area contributed by atoms with E-state index >= 15 is 0 Å². The number of allylic oxidation sites excluding steroid dienone is 1. The van der Waals surface area contributed by atoms with Crippen molar-refractivity contribution in [3.05, 3.63) is 78.0 Å². The lowest BCUT2D eigenvalue weighted by Crippen LogP contribution is -2.50. The normalized spacial score (nSPS) is 12.9. The van der Waals surface area contributed by atoms with Crippen LogP contribution in [0.1, 0.15) is 10.4 Å². The third-order valence-electron chi connectivity index (χ3n) is 5.01. The summed E-state index contributed by atoms with van der Waals surface area (Å²) in [4.78, 5) is 13.1. The van der Waals surface area contributed by atoms with Crippen molar-refractivity contribution < 1.29 is 23.4 Å². The molecule has 34 heavy (non-hydrogen) atoms. The molecule has 3 rings (SSSR count). The number of rotatable bonds is 11. The van der Waals surface area contributed by atoms with Gasteiger partial charge >= 0.3 is 0 Å². The van der Waals surface area contributed by atoms with Gasteiger partial charge in [0.1, 0.15) is 11.6 Å². The summed E-state index contributed by atoms with van der Waals surface area (Å²) in [6.45, 7) is 0.111. The van der Waals surface area contributed by atoms with Crippen LogP contribution < -0.4 is 10.6 Å². The fourth-order valence-corrected chi connectivity index (χ4v) is 3.33. The van der Waals surface area contributed by atoms with Gasteiger partial charge in [-0.1, -0.05) is 6.07 Å². The van der Waals surface area contributed by atoms with Gasteiger partial charge in [-0.3, -0.25) is 9.89 Å². The highest BCUT2D eigenvalue weighted by Gasteiger charge is 2.25. The molecule has 1 amide bonds. The van der Waals surface area contributed by atoms with Crippen LogP contribution in [0.25, 0.3) is 22.5 Å². The van der Waals surface area contributed by atoms with Crippen molar-refractivity contribution in [2.24, 2.45) is 0 Å². The predicted molar refractivity (Wildman–Crippen MR) is 124 cm³/mol. The van der Waals surface area contributed by atoms with E-state index < -0.39 is 23.9 Å². The standard InChI is InChI=1S/C24H25F2N5O3/c1-34-14-22(32)21(13-28-11-3-10-27)29-24(33)17-4-2-5-18(26)23(17)20-12-19(30-31-20)15-6-8-16(25)9-7-15/h2-12,21-22,27-28,32H,13-14H2,1H3,(H,29,33)(H,30,31)/b11-3-,27-10?/t21-,22+/m1/s1. The summed E-state index contributed by atoms with van der Waals surface area (Å²) in [7, 11) is 1.42. The van der Waals surface area contributed by atoms with Gasteiger partial charge < -0.3 is 25.9 Å². The van der Waals surface area contributed by atoms with Crippen LogP contribution in [0.3, 0.4) is 0 Å². The lowest BCUT2D eigenvalue weighted by Gasteiger charge is -2.24. The largest absolute Gasteiger partial charge is 0.389 e. The van der Waals surface area contributed by atoms with Gasteiger partial charge in [-0.15, -0.1) is 0 Å². The number of aliphatic hydroxyl groups is 1. The molecule has 0 saturated heterocycles. The number of halogens is 2. The highest BCUT2D eigenvalue weighted by Crippen LogP contribution is 2.29. The Balaban J connectivity index is 1.88. The Morgan fingerprint density at radius 2 is 2.03 bits per heavy atom. The number of hydrogen-bond acceptors (Lipinski definition) is 6. The Morgan fingerprint density at radius 3 is 2.74 bits per heavy atom. The number of nitrogens with one attached hydrogen (secondary N) is 4. The van der Waals surface area contributed by atoms with Gasteiger partial charge in [-0.2, -0.15) is 5.10 Å². The molecule has 178 valence electrons. The van der Waals surface area contributed by atoms with E-state index in [2.05, 4.69) is 20.8 Å². The Morgan fingerprint density at radius 1 is 1.26 bits per heavy atom. The first-order chi connectivity index (χ1) is 16.4. The number of aromatic nitrogens is 2. The molecule has 0 radical (unpaired) electrons. The van der Waals surface area contributed by atoms with E-state index in [1.807, 2.05) is 0 Å². The molecule has 1 aromatic heterocycles. The highest BCUT2D eigenvalue weighted by molar-refractivity contribution is 6.01. The van der Waals surface area contributed by atoms with E-state index in [4.69, 9.17) is 10.1 Å². The molecule has 1 heterocycles. The minimum atomic E-state index is -1.04. The maximum atomic E-state index is 14.9. The first kappa shape index (κ1) is 24.7. The van der Waals surface area contributed by atoms with Crippen LogP contribution in [-0.2, 0) is 4.74 Å². The van der Waals surface area contributed by atoms with Crippen LogP contribution in [-0.4, -0.2) is 59.8 Å². The molecule has 0 saturated carbocycles. The molecule has 10 heteroatoms. The van der Waals surface area contributed by atoms with Crippen LogP contribution in [0.5, 0.6) is 0 Å². The average Bonchev–Trinajstić information content (AvgIpc) is 3.31. The second-order valence-electron chi connectivity index (χ2n) is 7.37. The second-order valence-corrected chi connectivity index (χ2v) is 7.37. The average molecular weight is 469 g/mol. The summed E-state index contributed by atoms with van der Waals surface area (Å²) in [5, 5.41) is 29.9. The smallest absolute Gasteiger partial charge is 0.252 e. The number of carbonyl (C=O) groups is 1. The van der Waals surface area contributed by atoms with Crippen molar-refractivity contribution >= 4 is 12.1 Å². The topological polar surface area (TPSA) is 123 Å². The number of benzene rings is 2. The summed E-state index contributed by atoms with van der Waals surface area (Å²) in [6, 6.07) is 10.6. The molecule has 0 aliphatic heterocycles. The van der Waals surface area contributed by atoms with Crippen LogP contribution >= 0.6 is 0 Å². The van der Waals surface area contributed by atoms with E-state index in [1.54, 1.807) is 18.2 Å². The van der Waals surface area contributed by atoms with Gasteiger partial charge in [0.15, 0.2) is 0 Å². The molecule has 5 N–H and O–H groups in total. The van der Waals surface area contributed by atoms with Gasteiger partial charge in [0.05, 0.1) is 41.3 Å². The predicted octanol–water partition coefficient (Wildman–Crippen LogP) is 2.88. The molecular weight excluding hydrogens is 444 g/mol. The summed E-state index contributed by atoms with van der Waals surface area (Å²) < 4.78 is 33.1. The SMILES string of the molecule is COC[C@H](O)[C@@H](CN/C=C\C=N)NC(=O)c1cccc(F)c1-c1cc(-c2ccc(F)cc2)[nH]n1.